The molecule has 3 rings (SSSR count). The van der Waals surface area contributed by atoms with E-state index in [4.69, 9.17) is 4.74 Å². The van der Waals surface area contributed by atoms with Crippen LogP contribution in [0.15, 0.2) is 0 Å². The van der Waals surface area contributed by atoms with E-state index in [0.717, 1.165) is 17.8 Å². The lowest BCUT2D eigenvalue weighted by Crippen LogP contribution is -2.55. The van der Waals surface area contributed by atoms with Gasteiger partial charge < -0.3 is 4.74 Å². The summed E-state index contributed by atoms with van der Waals surface area (Å²) in [6, 6.07) is 0. The molecule has 3 aliphatic carbocycles. The van der Waals surface area contributed by atoms with Gasteiger partial charge in [0.25, 0.3) is 0 Å². The van der Waals surface area contributed by atoms with Crippen molar-refractivity contribution >= 4 is 22.6 Å². The summed E-state index contributed by atoms with van der Waals surface area (Å²) in [4.78, 5) is 0. The second-order valence-electron chi connectivity index (χ2n) is 9.60. The number of rotatable bonds is 3. The molecular weight excluding hydrogens is 371 g/mol. The van der Waals surface area contributed by atoms with E-state index in [2.05, 4.69) is 57.2 Å². The molecule has 5 atom stereocenters. The van der Waals surface area contributed by atoms with E-state index in [0.29, 0.717) is 16.9 Å². The third-order valence-electron chi connectivity index (χ3n) is 7.13. The van der Waals surface area contributed by atoms with Crippen LogP contribution in [0.4, 0.5) is 0 Å². The summed E-state index contributed by atoms with van der Waals surface area (Å²) < 4.78 is 8.21. The Balaban J connectivity index is 1.82. The minimum atomic E-state index is 0.147. The lowest BCUT2D eigenvalue weighted by atomic mass is 9.65. The first-order chi connectivity index (χ1) is 9.70. The summed E-state index contributed by atoms with van der Waals surface area (Å²) in [6.45, 7) is 12.3. The molecule has 122 valence electrons. The molecule has 0 heterocycles. The maximum absolute atomic E-state index is 7.04. The van der Waals surface area contributed by atoms with Crippen LogP contribution in [0.5, 0.6) is 0 Å². The van der Waals surface area contributed by atoms with Crippen LogP contribution >= 0.6 is 22.6 Å². The molecule has 3 fully saturated rings. The Morgan fingerprint density at radius 3 is 2.19 bits per heavy atom. The van der Waals surface area contributed by atoms with Gasteiger partial charge in [0.15, 0.2) is 0 Å². The van der Waals surface area contributed by atoms with Gasteiger partial charge in [-0.05, 0) is 67.1 Å². The number of ether oxygens (including phenoxy) is 1. The van der Waals surface area contributed by atoms with Crippen molar-refractivity contribution in [2.24, 2.45) is 28.6 Å². The van der Waals surface area contributed by atoms with Gasteiger partial charge in [0.1, 0.15) is 0 Å². The van der Waals surface area contributed by atoms with Crippen LogP contribution in [0.25, 0.3) is 0 Å². The molecule has 5 unspecified atom stereocenters. The van der Waals surface area contributed by atoms with Crippen molar-refractivity contribution in [2.75, 3.05) is 4.43 Å². The lowest BCUT2D eigenvalue weighted by molar-refractivity contribution is -0.187. The summed E-state index contributed by atoms with van der Waals surface area (Å²) in [7, 11) is 0. The third kappa shape index (κ3) is 2.60. The van der Waals surface area contributed by atoms with Gasteiger partial charge in [-0.3, -0.25) is 0 Å². The van der Waals surface area contributed by atoms with Crippen LogP contribution < -0.4 is 0 Å². The second kappa shape index (κ2) is 5.36. The average molecular weight is 404 g/mol. The van der Waals surface area contributed by atoms with Gasteiger partial charge in [0, 0.05) is 4.43 Å². The summed E-state index contributed by atoms with van der Waals surface area (Å²) in [5, 5.41) is 0. The standard InChI is InChI=1S/C19H33IO/c1-13-8-16(11-17(2,3)10-13)21-19(12-20)15-7-6-14(9-15)18(19,4)5/h13-16H,6-12H2,1-5H3. The average Bonchev–Trinajstić information content (AvgIpc) is 2.88. The van der Waals surface area contributed by atoms with Gasteiger partial charge in [-0.2, -0.15) is 0 Å². The number of hydrogen-bond acceptors (Lipinski definition) is 1. The molecule has 2 heteroatoms. The van der Waals surface area contributed by atoms with E-state index >= 15 is 0 Å². The fourth-order valence-electron chi connectivity index (χ4n) is 6.14. The molecule has 0 amide bonds. The van der Waals surface area contributed by atoms with E-state index in [-0.39, 0.29) is 5.60 Å². The maximum Gasteiger partial charge on any atom is 0.0856 e. The predicted octanol–water partition coefficient (Wildman–Crippen LogP) is 5.85. The lowest BCUT2D eigenvalue weighted by Gasteiger charge is -2.52. The summed E-state index contributed by atoms with van der Waals surface area (Å²) in [6.07, 6.45) is 8.63. The quantitative estimate of drug-likeness (QED) is 0.424. The SMILES string of the molecule is CC1CC(OC2(CI)C3CCC(C3)C2(C)C)CC(C)(C)C1. The number of fused-ring (bicyclic) bond motifs is 2. The molecule has 0 aromatic carbocycles. The normalized spacial score (nSPS) is 47.7. The summed E-state index contributed by atoms with van der Waals surface area (Å²) >= 11 is 2.61. The Labute approximate surface area is 145 Å². The molecule has 0 aromatic rings. The fraction of sp³-hybridized carbons (Fsp3) is 1.00. The molecule has 3 saturated carbocycles. The zero-order valence-electron chi connectivity index (χ0n) is 14.5. The van der Waals surface area contributed by atoms with Crippen LogP contribution in [0.1, 0.15) is 73.1 Å². The molecular formula is C19H33IO. The van der Waals surface area contributed by atoms with E-state index in [1.807, 2.05) is 0 Å². The highest BCUT2D eigenvalue weighted by atomic mass is 127. The molecule has 21 heavy (non-hydrogen) atoms. The Hall–Kier alpha value is 0.690. The van der Waals surface area contributed by atoms with Crippen LogP contribution in [0.2, 0.25) is 0 Å². The van der Waals surface area contributed by atoms with E-state index in [9.17, 15) is 0 Å². The first-order valence-electron chi connectivity index (χ1n) is 8.94. The minimum Gasteiger partial charge on any atom is -0.370 e. The van der Waals surface area contributed by atoms with Crippen LogP contribution in [0, 0.1) is 28.6 Å². The van der Waals surface area contributed by atoms with Gasteiger partial charge in [0.2, 0.25) is 0 Å². The minimum absolute atomic E-state index is 0.147. The highest BCUT2D eigenvalue weighted by molar-refractivity contribution is 14.1. The van der Waals surface area contributed by atoms with Gasteiger partial charge in [-0.1, -0.05) is 57.2 Å². The first kappa shape index (κ1) is 16.5. The van der Waals surface area contributed by atoms with Crippen molar-refractivity contribution in [1.29, 1.82) is 0 Å². The third-order valence-corrected chi connectivity index (χ3v) is 8.26. The maximum atomic E-state index is 7.04. The van der Waals surface area contributed by atoms with Gasteiger partial charge >= 0.3 is 0 Å². The van der Waals surface area contributed by atoms with Gasteiger partial charge in [-0.25, -0.2) is 0 Å². The zero-order valence-corrected chi connectivity index (χ0v) is 16.7. The zero-order chi connectivity index (χ0) is 15.5. The van der Waals surface area contributed by atoms with Crippen molar-refractivity contribution < 1.29 is 4.74 Å². The number of alkyl halides is 1. The molecule has 1 nitrogen and oxygen atoms in total. The highest BCUT2D eigenvalue weighted by Crippen LogP contribution is 2.64. The van der Waals surface area contributed by atoms with Crippen molar-refractivity contribution in [1.82, 2.24) is 0 Å². The molecule has 0 aliphatic heterocycles. The van der Waals surface area contributed by atoms with Crippen molar-refractivity contribution in [2.45, 2.75) is 84.8 Å². The predicted molar refractivity (Wildman–Crippen MR) is 97.9 cm³/mol. The second-order valence-corrected chi connectivity index (χ2v) is 10.4. The van der Waals surface area contributed by atoms with Crippen LogP contribution in [0.3, 0.4) is 0 Å². The van der Waals surface area contributed by atoms with E-state index < -0.39 is 0 Å². The monoisotopic (exact) mass is 404 g/mol. The molecule has 0 radical (unpaired) electrons. The summed E-state index contributed by atoms with van der Waals surface area (Å²) in [5.74, 6) is 2.52. The molecule has 0 spiro atoms. The van der Waals surface area contributed by atoms with E-state index in [1.54, 1.807) is 0 Å². The molecule has 3 aliphatic rings. The van der Waals surface area contributed by atoms with Crippen molar-refractivity contribution in [3.63, 3.8) is 0 Å². The van der Waals surface area contributed by atoms with Gasteiger partial charge in [-0.15, -0.1) is 0 Å². The number of hydrogen-bond donors (Lipinski definition) is 0. The Bertz CT molecular complexity index is 402. The molecule has 0 aromatic heterocycles. The van der Waals surface area contributed by atoms with Gasteiger partial charge in [0.05, 0.1) is 11.7 Å². The first-order valence-corrected chi connectivity index (χ1v) is 10.5. The topological polar surface area (TPSA) is 9.23 Å². The van der Waals surface area contributed by atoms with Crippen molar-refractivity contribution in [3.8, 4) is 0 Å². The Morgan fingerprint density at radius 2 is 1.67 bits per heavy atom. The Kier molecular flexibility index (Phi) is 4.22. The van der Waals surface area contributed by atoms with Crippen LogP contribution in [-0.2, 0) is 4.74 Å². The highest BCUT2D eigenvalue weighted by Gasteiger charge is 2.64. The number of halogens is 1. The van der Waals surface area contributed by atoms with E-state index in [1.165, 1.54) is 43.0 Å². The largest absolute Gasteiger partial charge is 0.370 e. The fourth-order valence-corrected chi connectivity index (χ4v) is 7.92. The Morgan fingerprint density at radius 1 is 1.00 bits per heavy atom. The smallest absolute Gasteiger partial charge is 0.0856 e. The molecule has 2 bridgehead atoms. The van der Waals surface area contributed by atoms with Crippen molar-refractivity contribution in [3.05, 3.63) is 0 Å². The molecule has 0 N–H and O–H groups in total. The van der Waals surface area contributed by atoms with Crippen LogP contribution in [-0.4, -0.2) is 16.1 Å². The molecule has 0 saturated heterocycles. The summed E-state index contributed by atoms with van der Waals surface area (Å²) in [5.41, 5.74) is 0.965.